The van der Waals surface area contributed by atoms with E-state index in [4.69, 9.17) is 14.2 Å². The van der Waals surface area contributed by atoms with Gasteiger partial charge in [-0.3, -0.25) is 9.59 Å². The van der Waals surface area contributed by atoms with Gasteiger partial charge in [0, 0.05) is 6.42 Å². The second-order valence-corrected chi connectivity index (χ2v) is 7.09. The average Bonchev–Trinajstić information content (AvgIpc) is 2.71. The van der Waals surface area contributed by atoms with Crippen molar-refractivity contribution in [3.05, 3.63) is 0 Å². The van der Waals surface area contributed by atoms with E-state index in [-0.39, 0.29) is 12.1 Å². The van der Waals surface area contributed by atoms with Crippen LogP contribution in [0.4, 0.5) is 0 Å². The zero-order valence-electron chi connectivity index (χ0n) is 13.6. The largest absolute Gasteiger partial charge is 0.458 e. The van der Waals surface area contributed by atoms with Crippen molar-refractivity contribution in [2.75, 3.05) is 6.61 Å². The number of fused-ring (bicyclic) bond motifs is 2. The highest BCUT2D eigenvalue weighted by atomic mass is 16.6. The Morgan fingerprint density at radius 3 is 2.73 bits per heavy atom. The fraction of sp³-hybridized carbons (Fsp3) is 0.812. The van der Waals surface area contributed by atoms with Crippen molar-refractivity contribution in [2.24, 2.45) is 10.8 Å². The van der Waals surface area contributed by atoms with E-state index in [0.717, 1.165) is 0 Å². The van der Waals surface area contributed by atoms with Crippen LogP contribution in [0.3, 0.4) is 0 Å². The number of hydrogen-bond donors (Lipinski definition) is 0. The van der Waals surface area contributed by atoms with Gasteiger partial charge in [0.2, 0.25) is 0 Å². The van der Waals surface area contributed by atoms with Gasteiger partial charge in [0.15, 0.2) is 6.61 Å². The van der Waals surface area contributed by atoms with E-state index >= 15 is 0 Å². The quantitative estimate of drug-likeness (QED) is 0.570. The molecule has 6 nitrogen and oxygen atoms in total. The fourth-order valence-corrected chi connectivity index (χ4v) is 2.71. The minimum atomic E-state index is -0.617. The molecule has 1 aliphatic carbocycles. The Bertz CT molecular complexity index is 483. The molecule has 3 atom stereocenters. The topological polar surface area (TPSA) is 78.9 Å². The molecule has 1 saturated carbocycles. The molecule has 2 fully saturated rings. The summed E-state index contributed by atoms with van der Waals surface area (Å²) in [6.45, 7) is 6.88. The van der Waals surface area contributed by atoms with Crippen LogP contribution in [0.2, 0.25) is 0 Å². The molecule has 2 bridgehead atoms. The van der Waals surface area contributed by atoms with Crippen molar-refractivity contribution in [1.29, 1.82) is 0 Å². The lowest BCUT2D eigenvalue weighted by Gasteiger charge is -2.29. The maximum Gasteiger partial charge on any atom is 0.344 e. The van der Waals surface area contributed by atoms with Crippen molar-refractivity contribution in [3.63, 3.8) is 0 Å². The number of esters is 3. The van der Waals surface area contributed by atoms with Gasteiger partial charge in [0.05, 0.1) is 10.8 Å². The van der Waals surface area contributed by atoms with Gasteiger partial charge in [0.25, 0.3) is 0 Å². The molecule has 2 rings (SSSR count). The minimum absolute atomic E-state index is 0.216. The van der Waals surface area contributed by atoms with Gasteiger partial charge >= 0.3 is 17.9 Å². The van der Waals surface area contributed by atoms with Crippen LogP contribution in [-0.2, 0) is 28.6 Å². The first kappa shape index (κ1) is 16.8. The molecule has 2 aliphatic rings. The van der Waals surface area contributed by atoms with E-state index in [1.807, 2.05) is 13.8 Å². The molecule has 1 heterocycles. The molecule has 1 aliphatic heterocycles. The zero-order valence-corrected chi connectivity index (χ0v) is 13.6. The summed E-state index contributed by atoms with van der Waals surface area (Å²) in [5.74, 6) is -1.24. The van der Waals surface area contributed by atoms with Crippen LogP contribution in [0.5, 0.6) is 0 Å². The van der Waals surface area contributed by atoms with Crippen molar-refractivity contribution >= 4 is 17.9 Å². The fourth-order valence-electron chi connectivity index (χ4n) is 2.71. The van der Waals surface area contributed by atoms with E-state index < -0.39 is 35.5 Å². The number of carbonyl (C=O) groups excluding carboxylic acids is 3. The first-order valence-electron chi connectivity index (χ1n) is 7.76. The Morgan fingerprint density at radius 1 is 1.41 bits per heavy atom. The second kappa shape index (κ2) is 5.89. The molecule has 0 amide bonds. The van der Waals surface area contributed by atoms with Crippen LogP contribution >= 0.6 is 0 Å². The van der Waals surface area contributed by atoms with Gasteiger partial charge in [-0.05, 0) is 40.0 Å². The SMILES string of the molecule is CCC(C)(C)C(=O)OCC(=O)OC1CCC2(C)CC1OC2=O. The number of hydrogen-bond acceptors (Lipinski definition) is 6. The highest BCUT2D eigenvalue weighted by molar-refractivity contribution is 5.80. The third-order valence-electron chi connectivity index (χ3n) is 4.84. The van der Waals surface area contributed by atoms with Crippen molar-refractivity contribution in [3.8, 4) is 0 Å². The number of ether oxygens (including phenoxy) is 3. The lowest BCUT2D eigenvalue weighted by atomic mass is 9.76. The molecule has 0 N–H and O–H groups in total. The summed E-state index contributed by atoms with van der Waals surface area (Å²) in [5, 5.41) is 0. The Hall–Kier alpha value is -1.59. The van der Waals surface area contributed by atoms with E-state index in [1.165, 1.54) is 0 Å². The van der Waals surface area contributed by atoms with Crippen LogP contribution in [0.25, 0.3) is 0 Å². The highest BCUT2D eigenvalue weighted by Gasteiger charge is 2.52. The minimum Gasteiger partial charge on any atom is -0.458 e. The molecule has 0 aromatic heterocycles. The first-order valence-corrected chi connectivity index (χ1v) is 7.76. The van der Waals surface area contributed by atoms with Gasteiger partial charge < -0.3 is 14.2 Å². The van der Waals surface area contributed by atoms with E-state index in [0.29, 0.717) is 25.7 Å². The Morgan fingerprint density at radius 2 is 2.09 bits per heavy atom. The molecule has 1 saturated heterocycles. The van der Waals surface area contributed by atoms with Gasteiger partial charge in [-0.2, -0.15) is 0 Å². The maximum absolute atomic E-state index is 11.8. The molecule has 22 heavy (non-hydrogen) atoms. The highest BCUT2D eigenvalue weighted by Crippen LogP contribution is 2.45. The summed E-state index contributed by atoms with van der Waals surface area (Å²) in [6.07, 6.45) is 1.62. The maximum atomic E-state index is 11.8. The second-order valence-electron chi connectivity index (χ2n) is 7.09. The molecule has 3 unspecified atom stereocenters. The summed E-state index contributed by atoms with van der Waals surface area (Å²) in [7, 11) is 0. The Labute approximate surface area is 130 Å². The average molecular weight is 312 g/mol. The number of rotatable bonds is 5. The molecular formula is C16H24O6. The summed E-state index contributed by atoms with van der Waals surface area (Å²) >= 11 is 0. The smallest absolute Gasteiger partial charge is 0.344 e. The van der Waals surface area contributed by atoms with E-state index in [9.17, 15) is 14.4 Å². The molecule has 0 aromatic carbocycles. The lowest BCUT2D eigenvalue weighted by molar-refractivity contribution is -0.172. The lowest BCUT2D eigenvalue weighted by Crippen LogP contribution is -2.37. The van der Waals surface area contributed by atoms with Crippen molar-refractivity contribution in [2.45, 2.75) is 65.6 Å². The Kier molecular flexibility index (Phi) is 4.49. The molecular weight excluding hydrogens is 288 g/mol. The van der Waals surface area contributed by atoms with Gasteiger partial charge in [-0.15, -0.1) is 0 Å². The van der Waals surface area contributed by atoms with Crippen molar-refractivity contribution in [1.82, 2.24) is 0 Å². The zero-order chi connectivity index (χ0) is 16.5. The van der Waals surface area contributed by atoms with Gasteiger partial charge in [-0.25, -0.2) is 4.79 Å². The summed E-state index contributed by atoms with van der Waals surface area (Å²) in [5.41, 5.74) is -1.06. The molecule has 0 radical (unpaired) electrons. The summed E-state index contributed by atoms with van der Waals surface area (Å²) in [6, 6.07) is 0. The molecule has 124 valence electrons. The van der Waals surface area contributed by atoms with E-state index in [2.05, 4.69) is 0 Å². The van der Waals surface area contributed by atoms with Crippen LogP contribution in [0, 0.1) is 10.8 Å². The predicted octanol–water partition coefficient (Wildman–Crippen LogP) is 1.99. The Balaban J connectivity index is 1.81. The van der Waals surface area contributed by atoms with Crippen LogP contribution in [0.1, 0.15) is 53.4 Å². The monoisotopic (exact) mass is 312 g/mol. The summed E-state index contributed by atoms with van der Waals surface area (Å²) in [4.78, 5) is 35.4. The third kappa shape index (κ3) is 3.25. The summed E-state index contributed by atoms with van der Waals surface area (Å²) < 4.78 is 15.6. The molecule has 6 heteroatoms. The van der Waals surface area contributed by atoms with Crippen molar-refractivity contribution < 1.29 is 28.6 Å². The van der Waals surface area contributed by atoms with E-state index in [1.54, 1.807) is 13.8 Å². The van der Waals surface area contributed by atoms with Gasteiger partial charge in [-0.1, -0.05) is 6.92 Å². The molecule has 0 aromatic rings. The third-order valence-corrected chi connectivity index (χ3v) is 4.84. The number of carbonyl (C=O) groups is 3. The van der Waals surface area contributed by atoms with Crippen LogP contribution in [0.15, 0.2) is 0 Å². The standard InChI is InChI=1S/C16H24O6/c1-5-15(2,3)13(18)20-9-12(17)21-10-6-7-16(4)8-11(10)22-14(16)19/h10-11H,5-9H2,1-4H3. The molecule has 0 spiro atoms. The first-order chi connectivity index (χ1) is 10.2. The predicted molar refractivity (Wildman–Crippen MR) is 76.7 cm³/mol. The van der Waals surface area contributed by atoms with Crippen LogP contribution < -0.4 is 0 Å². The normalized spacial score (nSPS) is 30.6. The van der Waals surface area contributed by atoms with Gasteiger partial charge in [0.1, 0.15) is 12.2 Å². The van der Waals surface area contributed by atoms with Crippen LogP contribution in [-0.4, -0.2) is 36.7 Å².